The molecule has 1 aliphatic carbocycles. The van der Waals surface area contributed by atoms with Gasteiger partial charge in [-0.05, 0) is 27.8 Å². The van der Waals surface area contributed by atoms with Gasteiger partial charge >= 0.3 is 0 Å². The third kappa shape index (κ3) is 1.74. The minimum atomic E-state index is 0.152. The first kappa shape index (κ1) is 12.1. The molecule has 0 spiro atoms. The van der Waals surface area contributed by atoms with Crippen LogP contribution >= 0.6 is 0 Å². The zero-order valence-electron chi connectivity index (χ0n) is 11.5. The second-order valence-electron chi connectivity index (χ2n) is 5.35. The van der Waals surface area contributed by atoms with Crippen LogP contribution < -0.4 is 0 Å². The van der Waals surface area contributed by atoms with Crippen molar-refractivity contribution >= 4 is 6.29 Å². The Hall–Kier alpha value is -2.67. The van der Waals surface area contributed by atoms with Crippen molar-refractivity contribution in [2.45, 2.75) is 5.92 Å². The van der Waals surface area contributed by atoms with Gasteiger partial charge in [-0.3, -0.25) is 4.79 Å². The summed E-state index contributed by atoms with van der Waals surface area (Å²) < 4.78 is 0. The summed E-state index contributed by atoms with van der Waals surface area (Å²) >= 11 is 0. The number of fused-ring (bicyclic) bond motifs is 3. The molecule has 1 heteroatoms. The Kier molecular flexibility index (Phi) is 2.71. The lowest BCUT2D eigenvalue weighted by atomic mass is 9.87. The van der Waals surface area contributed by atoms with Gasteiger partial charge in [0.05, 0.1) is 0 Å². The first-order chi connectivity index (χ1) is 10.4. The average Bonchev–Trinajstić information content (AvgIpc) is 2.89. The third-order valence-corrected chi connectivity index (χ3v) is 4.27. The summed E-state index contributed by atoms with van der Waals surface area (Å²) in [6.07, 6.45) is 0.957. The van der Waals surface area contributed by atoms with Crippen LogP contribution in [0.2, 0.25) is 0 Å². The molecule has 21 heavy (non-hydrogen) atoms. The molecule has 0 radical (unpaired) electrons. The van der Waals surface area contributed by atoms with Crippen molar-refractivity contribution in [3.05, 3.63) is 95.1 Å². The number of aldehydes is 1. The Morgan fingerprint density at radius 2 is 1.10 bits per heavy atom. The average molecular weight is 270 g/mol. The van der Waals surface area contributed by atoms with Crippen molar-refractivity contribution in [2.75, 3.05) is 0 Å². The van der Waals surface area contributed by atoms with E-state index in [2.05, 4.69) is 54.6 Å². The van der Waals surface area contributed by atoms with Gasteiger partial charge in [-0.1, -0.05) is 72.8 Å². The molecule has 0 saturated heterocycles. The molecule has 0 aliphatic heterocycles. The second-order valence-corrected chi connectivity index (χ2v) is 5.35. The van der Waals surface area contributed by atoms with E-state index in [1.54, 1.807) is 0 Å². The largest absolute Gasteiger partial charge is 0.298 e. The number of hydrogen-bond acceptors (Lipinski definition) is 1. The fourth-order valence-electron chi connectivity index (χ4n) is 3.37. The van der Waals surface area contributed by atoms with Gasteiger partial charge in [-0.15, -0.1) is 0 Å². The van der Waals surface area contributed by atoms with E-state index >= 15 is 0 Å². The highest BCUT2D eigenvalue weighted by Gasteiger charge is 2.30. The number of hydrogen-bond donors (Lipinski definition) is 0. The molecule has 1 aliphatic rings. The lowest BCUT2D eigenvalue weighted by Gasteiger charge is -2.16. The SMILES string of the molecule is O=Cc1ccccc1C1c2ccccc2-c2ccccc21. The number of carbonyl (C=O) groups is 1. The van der Waals surface area contributed by atoms with E-state index in [0.29, 0.717) is 0 Å². The fraction of sp³-hybridized carbons (Fsp3) is 0.0500. The minimum Gasteiger partial charge on any atom is -0.298 e. The lowest BCUT2D eigenvalue weighted by molar-refractivity contribution is 0.112. The van der Waals surface area contributed by atoms with E-state index in [9.17, 15) is 4.79 Å². The van der Waals surface area contributed by atoms with Crippen molar-refractivity contribution < 1.29 is 4.79 Å². The van der Waals surface area contributed by atoms with Crippen LogP contribution in [0.5, 0.6) is 0 Å². The zero-order valence-corrected chi connectivity index (χ0v) is 11.5. The summed E-state index contributed by atoms with van der Waals surface area (Å²) in [5.41, 5.74) is 6.98. The molecule has 0 atom stereocenters. The van der Waals surface area contributed by atoms with Gasteiger partial charge in [0.1, 0.15) is 6.29 Å². The molecular weight excluding hydrogens is 256 g/mol. The molecule has 3 aromatic carbocycles. The smallest absolute Gasteiger partial charge is 0.150 e. The molecule has 0 fully saturated rings. The van der Waals surface area contributed by atoms with Gasteiger partial charge in [0.2, 0.25) is 0 Å². The first-order valence-electron chi connectivity index (χ1n) is 7.12. The summed E-state index contributed by atoms with van der Waals surface area (Å²) in [6, 6.07) is 24.8. The zero-order chi connectivity index (χ0) is 14.2. The maximum absolute atomic E-state index is 11.4. The molecule has 4 rings (SSSR count). The van der Waals surface area contributed by atoms with Crippen LogP contribution in [0.1, 0.15) is 33.0 Å². The number of benzene rings is 3. The van der Waals surface area contributed by atoms with Crippen LogP contribution in [0.4, 0.5) is 0 Å². The maximum atomic E-state index is 11.4. The summed E-state index contributed by atoms with van der Waals surface area (Å²) in [7, 11) is 0. The summed E-state index contributed by atoms with van der Waals surface area (Å²) in [5, 5.41) is 0. The highest BCUT2D eigenvalue weighted by molar-refractivity contribution is 5.84. The topological polar surface area (TPSA) is 17.1 Å². The van der Waals surface area contributed by atoms with E-state index in [0.717, 1.165) is 17.4 Å². The summed E-state index contributed by atoms with van der Waals surface area (Å²) in [4.78, 5) is 11.4. The molecule has 100 valence electrons. The van der Waals surface area contributed by atoms with Crippen LogP contribution in [-0.4, -0.2) is 6.29 Å². The Bertz CT molecular complexity index is 787. The van der Waals surface area contributed by atoms with Gasteiger partial charge in [0.15, 0.2) is 0 Å². The van der Waals surface area contributed by atoms with E-state index in [1.165, 1.54) is 22.3 Å². The Labute approximate surface area is 123 Å². The van der Waals surface area contributed by atoms with Crippen LogP contribution in [0.15, 0.2) is 72.8 Å². The monoisotopic (exact) mass is 270 g/mol. The molecule has 0 amide bonds. The maximum Gasteiger partial charge on any atom is 0.150 e. The number of rotatable bonds is 2. The first-order valence-corrected chi connectivity index (χ1v) is 7.12. The predicted octanol–water partition coefficient (Wildman–Crippen LogP) is 4.66. The van der Waals surface area contributed by atoms with Gasteiger partial charge in [-0.2, -0.15) is 0 Å². The molecule has 3 aromatic rings. The van der Waals surface area contributed by atoms with E-state index in [-0.39, 0.29) is 5.92 Å². The van der Waals surface area contributed by atoms with Crippen molar-refractivity contribution in [3.8, 4) is 11.1 Å². The van der Waals surface area contributed by atoms with Crippen LogP contribution in [0.3, 0.4) is 0 Å². The normalized spacial score (nSPS) is 12.8. The highest BCUT2D eigenvalue weighted by Crippen LogP contribution is 2.48. The lowest BCUT2D eigenvalue weighted by Crippen LogP contribution is -2.02. The molecule has 0 aromatic heterocycles. The molecule has 1 nitrogen and oxygen atoms in total. The van der Waals surface area contributed by atoms with Gasteiger partial charge in [-0.25, -0.2) is 0 Å². The van der Waals surface area contributed by atoms with Crippen molar-refractivity contribution in [1.82, 2.24) is 0 Å². The van der Waals surface area contributed by atoms with E-state index in [4.69, 9.17) is 0 Å². The molecule has 0 unspecified atom stereocenters. The Balaban J connectivity index is 2.03. The quantitative estimate of drug-likeness (QED) is 0.484. The molecular formula is C20H14O. The molecule has 0 saturated carbocycles. The van der Waals surface area contributed by atoms with Gasteiger partial charge in [0, 0.05) is 11.5 Å². The molecule has 0 heterocycles. The van der Waals surface area contributed by atoms with Crippen molar-refractivity contribution in [2.24, 2.45) is 0 Å². The van der Waals surface area contributed by atoms with Crippen LogP contribution in [0, 0.1) is 0 Å². The van der Waals surface area contributed by atoms with Crippen LogP contribution in [0.25, 0.3) is 11.1 Å². The standard InChI is InChI=1S/C20H14O/c21-13-14-7-1-2-8-15(14)20-18-11-5-3-9-16(18)17-10-4-6-12-19(17)20/h1-13,20H. The molecule has 0 bridgehead atoms. The van der Waals surface area contributed by atoms with Crippen molar-refractivity contribution in [1.29, 1.82) is 0 Å². The van der Waals surface area contributed by atoms with Gasteiger partial charge < -0.3 is 0 Å². The summed E-state index contributed by atoms with van der Waals surface area (Å²) in [6.45, 7) is 0. The minimum absolute atomic E-state index is 0.152. The van der Waals surface area contributed by atoms with E-state index < -0.39 is 0 Å². The molecule has 0 N–H and O–H groups in total. The Morgan fingerprint density at radius 3 is 1.67 bits per heavy atom. The van der Waals surface area contributed by atoms with Gasteiger partial charge in [0.25, 0.3) is 0 Å². The van der Waals surface area contributed by atoms with Crippen LogP contribution in [-0.2, 0) is 0 Å². The van der Waals surface area contributed by atoms with E-state index in [1.807, 2.05) is 18.2 Å². The predicted molar refractivity (Wildman–Crippen MR) is 84.7 cm³/mol. The fourth-order valence-corrected chi connectivity index (χ4v) is 3.37. The third-order valence-electron chi connectivity index (χ3n) is 4.27. The second kappa shape index (κ2) is 4.71. The summed E-state index contributed by atoms with van der Waals surface area (Å²) in [5.74, 6) is 0.152. The Morgan fingerprint density at radius 1 is 0.619 bits per heavy atom. The highest BCUT2D eigenvalue weighted by atomic mass is 16.1. The number of carbonyl (C=O) groups excluding carboxylic acids is 1. The van der Waals surface area contributed by atoms with Crippen molar-refractivity contribution in [3.63, 3.8) is 0 Å².